The van der Waals surface area contributed by atoms with Crippen LogP contribution in [0.2, 0.25) is 0 Å². The molecule has 310 valence electrons. The fourth-order valence-electron chi connectivity index (χ4n) is 6.90. The van der Waals surface area contributed by atoms with Crippen molar-refractivity contribution < 1.29 is 47.7 Å². The minimum Gasteiger partial charge on any atom is -0.485 e. The standard InChI is InChI=1S/C40H60N5O10P/c1-2-3-4-5-6-7-8-9-10-11-12-13-14-15-16-19-24-51-26-31(54-35-21-18-17-20-32(35)39(47)48)27-52-56(49,50)53-28-36-34(46)25-40(29-41,55-36)37-23-22-33-38(42)43-30-44-45(33)37/h17-18,20-23,30-31,34,36,46H,2-16,19,24-28H2,1H3,(H,47,48)(H,49,50)(H2,42,43,44)/t31-,34+,36-,40+/m1/s1. The fraction of sp³-hybridized carbons (Fsp3) is 0.650. The molecule has 0 spiro atoms. The van der Waals surface area contributed by atoms with Gasteiger partial charge >= 0.3 is 13.8 Å². The number of fused-ring (bicyclic) bond motifs is 1. The number of carboxylic acids is 1. The first kappa shape index (κ1) is 45.1. The van der Waals surface area contributed by atoms with Gasteiger partial charge in [-0.3, -0.25) is 9.05 Å². The molecule has 4 rings (SSSR count). The topological polar surface area (TPSA) is 221 Å². The van der Waals surface area contributed by atoms with Gasteiger partial charge in [-0.2, -0.15) is 10.4 Å². The zero-order chi connectivity index (χ0) is 40.2. The van der Waals surface area contributed by atoms with Crippen LogP contribution in [-0.2, 0) is 28.7 Å². The molecule has 3 aromatic rings. The van der Waals surface area contributed by atoms with Gasteiger partial charge in [-0.15, -0.1) is 0 Å². The minimum absolute atomic E-state index is 0.0405. The van der Waals surface area contributed by atoms with Crippen molar-refractivity contribution in [3.8, 4) is 11.8 Å². The van der Waals surface area contributed by atoms with E-state index in [2.05, 4.69) is 23.1 Å². The van der Waals surface area contributed by atoms with Gasteiger partial charge < -0.3 is 35.1 Å². The molecule has 3 heterocycles. The summed E-state index contributed by atoms with van der Waals surface area (Å²) in [5, 5.41) is 34.7. The SMILES string of the molecule is CCCCCCCCCCCCCCCCCCOC[C@H](COP(=O)(O)OC[C@H]1O[C@@](C#N)(c2ccc3c(N)ncnn23)C[C@@H]1O)Oc1ccccc1C(=O)O. The van der Waals surface area contributed by atoms with Crippen molar-refractivity contribution in [1.29, 1.82) is 5.26 Å². The second-order valence-electron chi connectivity index (χ2n) is 14.5. The lowest BCUT2D eigenvalue weighted by atomic mass is 9.96. The number of aromatic nitrogens is 3. The normalized spacial score (nSPS) is 19.8. The monoisotopic (exact) mass is 801 g/mol. The Morgan fingerprint density at radius 2 is 1.61 bits per heavy atom. The van der Waals surface area contributed by atoms with Crippen LogP contribution in [0.15, 0.2) is 42.7 Å². The number of nitrogens with two attached hydrogens (primary N) is 1. The molecule has 0 aliphatic carbocycles. The average Bonchev–Trinajstić information content (AvgIpc) is 3.78. The minimum atomic E-state index is -4.76. The van der Waals surface area contributed by atoms with Crippen LogP contribution in [0.4, 0.5) is 5.82 Å². The Morgan fingerprint density at radius 3 is 2.23 bits per heavy atom. The largest absolute Gasteiger partial charge is 0.485 e. The Morgan fingerprint density at radius 1 is 0.982 bits per heavy atom. The van der Waals surface area contributed by atoms with Crippen molar-refractivity contribution in [2.45, 2.75) is 140 Å². The maximum Gasteiger partial charge on any atom is 0.472 e. The second-order valence-corrected chi connectivity index (χ2v) is 16.0. The number of rotatable bonds is 29. The van der Waals surface area contributed by atoms with Crippen molar-refractivity contribution in [3.05, 3.63) is 54.0 Å². The number of nitriles is 1. The molecular weight excluding hydrogens is 741 g/mol. The lowest BCUT2D eigenvalue weighted by Crippen LogP contribution is -2.30. The van der Waals surface area contributed by atoms with Gasteiger partial charge in [-0.25, -0.2) is 18.9 Å². The van der Waals surface area contributed by atoms with Crippen molar-refractivity contribution in [2.24, 2.45) is 0 Å². The zero-order valence-electron chi connectivity index (χ0n) is 32.6. The maximum absolute atomic E-state index is 13.0. The lowest BCUT2D eigenvalue weighted by Gasteiger charge is -2.23. The predicted molar refractivity (Wildman–Crippen MR) is 210 cm³/mol. The van der Waals surface area contributed by atoms with Gasteiger partial charge in [0.15, 0.2) is 11.4 Å². The summed E-state index contributed by atoms with van der Waals surface area (Å²) in [6.07, 6.45) is 17.8. The van der Waals surface area contributed by atoms with E-state index in [0.29, 0.717) is 17.8 Å². The van der Waals surface area contributed by atoms with Crippen LogP contribution in [0.1, 0.15) is 132 Å². The van der Waals surface area contributed by atoms with E-state index in [-0.39, 0.29) is 30.2 Å². The molecule has 5 atom stereocenters. The number of aliphatic hydroxyl groups is 1. The van der Waals surface area contributed by atoms with Crippen LogP contribution >= 0.6 is 7.82 Å². The molecule has 16 heteroatoms. The number of hydrogen-bond acceptors (Lipinski definition) is 12. The molecule has 0 saturated carbocycles. The highest BCUT2D eigenvalue weighted by Crippen LogP contribution is 2.46. The molecule has 1 saturated heterocycles. The third kappa shape index (κ3) is 14.1. The van der Waals surface area contributed by atoms with Gasteiger partial charge in [0.25, 0.3) is 0 Å². The van der Waals surface area contributed by atoms with Gasteiger partial charge in [0.1, 0.15) is 41.4 Å². The van der Waals surface area contributed by atoms with E-state index in [1.807, 2.05) is 0 Å². The Kier molecular flexibility index (Phi) is 19.0. The van der Waals surface area contributed by atoms with Crippen molar-refractivity contribution in [3.63, 3.8) is 0 Å². The summed E-state index contributed by atoms with van der Waals surface area (Å²) in [6.45, 7) is 1.58. The van der Waals surface area contributed by atoms with Crippen LogP contribution in [0.3, 0.4) is 0 Å². The van der Waals surface area contributed by atoms with E-state index in [1.165, 1.54) is 106 Å². The van der Waals surface area contributed by atoms with Gasteiger partial charge in [0.2, 0.25) is 0 Å². The van der Waals surface area contributed by atoms with Crippen LogP contribution in [0.5, 0.6) is 5.75 Å². The average molecular weight is 802 g/mol. The van der Waals surface area contributed by atoms with Crippen molar-refractivity contribution >= 4 is 25.1 Å². The first-order valence-electron chi connectivity index (χ1n) is 20.1. The fourth-order valence-corrected chi connectivity index (χ4v) is 7.66. The third-order valence-electron chi connectivity index (χ3n) is 10.0. The van der Waals surface area contributed by atoms with Gasteiger partial charge in [0.05, 0.1) is 31.6 Å². The Balaban J connectivity index is 1.19. The van der Waals surface area contributed by atoms with E-state index in [1.54, 1.807) is 24.3 Å². The van der Waals surface area contributed by atoms with Crippen LogP contribution in [-0.4, -0.2) is 80.4 Å². The number of benzene rings is 1. The summed E-state index contributed by atoms with van der Waals surface area (Å²) >= 11 is 0. The molecule has 1 unspecified atom stereocenters. The Bertz CT molecular complexity index is 1720. The predicted octanol–water partition coefficient (Wildman–Crippen LogP) is 7.74. The molecule has 0 radical (unpaired) electrons. The number of phosphoric acid groups is 1. The van der Waals surface area contributed by atoms with Crippen molar-refractivity contribution in [2.75, 3.05) is 32.2 Å². The number of anilines is 1. The van der Waals surface area contributed by atoms with Gasteiger partial charge in [-0.05, 0) is 30.7 Å². The number of nitrogens with zero attached hydrogens (tertiary/aromatic N) is 4. The molecule has 0 bridgehead atoms. The van der Waals surface area contributed by atoms with Crippen LogP contribution in [0, 0.1) is 11.3 Å². The maximum atomic E-state index is 13.0. The number of para-hydroxylation sites is 1. The number of carbonyl (C=O) groups is 1. The van der Waals surface area contributed by atoms with E-state index < -0.39 is 50.9 Å². The molecule has 0 amide bonds. The number of ether oxygens (including phenoxy) is 3. The highest BCUT2D eigenvalue weighted by Gasteiger charge is 2.50. The molecule has 1 aliphatic heterocycles. The summed E-state index contributed by atoms with van der Waals surface area (Å²) in [5.41, 5.74) is 4.93. The summed E-state index contributed by atoms with van der Waals surface area (Å²) < 4.78 is 42.6. The molecule has 1 aliphatic rings. The molecule has 1 fully saturated rings. The number of aromatic carboxylic acids is 1. The molecular formula is C40H60N5O10P. The highest BCUT2D eigenvalue weighted by molar-refractivity contribution is 7.47. The first-order chi connectivity index (χ1) is 27.1. The summed E-state index contributed by atoms with van der Waals surface area (Å²) in [6, 6.07) is 11.3. The number of nitrogen functional groups attached to an aromatic ring is 1. The van der Waals surface area contributed by atoms with E-state index in [0.717, 1.165) is 19.3 Å². The number of aliphatic hydroxyl groups excluding tert-OH is 1. The van der Waals surface area contributed by atoms with Crippen molar-refractivity contribution in [1.82, 2.24) is 14.6 Å². The molecule has 1 aromatic carbocycles. The van der Waals surface area contributed by atoms with E-state index in [9.17, 15) is 29.7 Å². The summed E-state index contributed by atoms with van der Waals surface area (Å²) in [4.78, 5) is 26.3. The number of unbranched alkanes of at least 4 members (excludes halogenated alkanes) is 15. The second kappa shape index (κ2) is 23.6. The molecule has 5 N–H and O–H groups in total. The van der Waals surface area contributed by atoms with E-state index >= 15 is 0 Å². The molecule has 15 nitrogen and oxygen atoms in total. The zero-order valence-corrected chi connectivity index (χ0v) is 33.5. The van der Waals surface area contributed by atoms with Gasteiger partial charge in [0, 0.05) is 13.0 Å². The first-order valence-corrected chi connectivity index (χ1v) is 21.6. The molecule has 2 aromatic heterocycles. The summed E-state index contributed by atoms with van der Waals surface area (Å²) in [7, 11) is -4.76. The van der Waals surface area contributed by atoms with Gasteiger partial charge in [-0.1, -0.05) is 115 Å². The Labute approximate surface area is 330 Å². The quantitative estimate of drug-likeness (QED) is 0.0390. The third-order valence-corrected chi connectivity index (χ3v) is 11.0. The van der Waals surface area contributed by atoms with E-state index in [4.69, 9.17) is 29.0 Å². The lowest BCUT2D eigenvalue weighted by molar-refractivity contribution is -0.0540. The number of hydrogen-bond donors (Lipinski definition) is 4. The highest BCUT2D eigenvalue weighted by atomic mass is 31.2. The number of carboxylic acid groups (broad SMARTS) is 1. The smallest absolute Gasteiger partial charge is 0.472 e. The molecule has 56 heavy (non-hydrogen) atoms. The summed E-state index contributed by atoms with van der Waals surface area (Å²) in [5.74, 6) is -0.956. The Hall–Kier alpha value is -3.61. The van der Waals surface area contributed by atoms with Crippen LogP contribution in [0.25, 0.3) is 5.52 Å². The van der Waals surface area contributed by atoms with Crippen LogP contribution < -0.4 is 10.5 Å². The number of phosphoric ester groups is 1.